The molecular weight excluding hydrogens is 368 g/mol. The van der Waals surface area contributed by atoms with E-state index < -0.39 is 14.8 Å². The first-order valence-electron chi connectivity index (χ1n) is 8.67. The van der Waals surface area contributed by atoms with Crippen LogP contribution in [0.5, 0.6) is 0 Å². The summed E-state index contributed by atoms with van der Waals surface area (Å²) in [6.45, 7) is 3.22. The SMILES string of the molecule is Cc1cccc(NC2CCN(c3ccc(S(C)(=O)=O)cc3[N+](=O)[O-])CC2)n1. The number of sulfone groups is 1. The van der Waals surface area contributed by atoms with Crippen molar-refractivity contribution in [3.63, 3.8) is 0 Å². The Kier molecular flexibility index (Phi) is 5.31. The molecule has 0 spiro atoms. The second-order valence-electron chi connectivity index (χ2n) is 6.75. The van der Waals surface area contributed by atoms with Crippen molar-refractivity contribution in [1.82, 2.24) is 4.98 Å². The number of benzene rings is 1. The van der Waals surface area contributed by atoms with Crippen molar-refractivity contribution in [2.24, 2.45) is 0 Å². The van der Waals surface area contributed by atoms with Crippen LogP contribution in [0.15, 0.2) is 41.3 Å². The summed E-state index contributed by atoms with van der Waals surface area (Å²) in [5, 5.41) is 14.9. The van der Waals surface area contributed by atoms with E-state index in [4.69, 9.17) is 0 Å². The molecule has 144 valence electrons. The molecule has 27 heavy (non-hydrogen) atoms. The first-order valence-corrected chi connectivity index (χ1v) is 10.6. The molecule has 2 heterocycles. The summed E-state index contributed by atoms with van der Waals surface area (Å²) in [5.41, 5.74) is 1.23. The van der Waals surface area contributed by atoms with Crippen LogP contribution < -0.4 is 10.2 Å². The third kappa shape index (κ3) is 4.54. The van der Waals surface area contributed by atoms with Crippen LogP contribution in [0, 0.1) is 17.0 Å². The molecule has 0 atom stereocenters. The first kappa shape index (κ1) is 19.1. The van der Waals surface area contributed by atoms with Gasteiger partial charge in [-0.25, -0.2) is 13.4 Å². The van der Waals surface area contributed by atoms with Gasteiger partial charge in [0.25, 0.3) is 5.69 Å². The van der Waals surface area contributed by atoms with E-state index in [1.54, 1.807) is 0 Å². The van der Waals surface area contributed by atoms with Crippen LogP contribution in [0.25, 0.3) is 0 Å². The van der Waals surface area contributed by atoms with E-state index in [0.717, 1.165) is 36.7 Å². The van der Waals surface area contributed by atoms with Gasteiger partial charge in [0.05, 0.1) is 9.82 Å². The van der Waals surface area contributed by atoms with Crippen LogP contribution in [-0.2, 0) is 9.84 Å². The zero-order valence-corrected chi connectivity index (χ0v) is 16.1. The van der Waals surface area contributed by atoms with Crippen molar-refractivity contribution in [2.45, 2.75) is 30.7 Å². The van der Waals surface area contributed by atoms with Gasteiger partial charge >= 0.3 is 0 Å². The molecule has 2 aromatic rings. The molecule has 1 aromatic heterocycles. The number of aromatic nitrogens is 1. The predicted octanol–water partition coefficient (Wildman–Crippen LogP) is 2.78. The van der Waals surface area contributed by atoms with E-state index in [0.29, 0.717) is 18.8 Å². The predicted molar refractivity (Wildman–Crippen MR) is 104 cm³/mol. The Bertz CT molecular complexity index is 954. The van der Waals surface area contributed by atoms with Crippen molar-refractivity contribution in [3.05, 3.63) is 52.2 Å². The van der Waals surface area contributed by atoms with Crippen LogP contribution in [0.2, 0.25) is 0 Å². The minimum Gasteiger partial charge on any atom is -0.367 e. The van der Waals surface area contributed by atoms with Crippen molar-refractivity contribution >= 4 is 27.0 Å². The molecule has 1 saturated heterocycles. The number of hydrogen-bond acceptors (Lipinski definition) is 7. The van der Waals surface area contributed by atoms with Crippen LogP contribution in [0.1, 0.15) is 18.5 Å². The van der Waals surface area contributed by atoms with Gasteiger partial charge in [0.1, 0.15) is 11.5 Å². The largest absolute Gasteiger partial charge is 0.367 e. The molecule has 8 nitrogen and oxygen atoms in total. The van der Waals surface area contributed by atoms with Crippen LogP contribution in [-0.4, -0.2) is 43.7 Å². The highest BCUT2D eigenvalue weighted by molar-refractivity contribution is 7.90. The molecule has 1 aromatic carbocycles. The van der Waals surface area contributed by atoms with Crippen molar-refractivity contribution in [3.8, 4) is 0 Å². The average Bonchev–Trinajstić information content (AvgIpc) is 2.61. The van der Waals surface area contributed by atoms with Gasteiger partial charge in [-0.05, 0) is 44.0 Å². The second kappa shape index (κ2) is 7.51. The topological polar surface area (TPSA) is 105 Å². The lowest BCUT2D eigenvalue weighted by molar-refractivity contribution is -0.384. The highest BCUT2D eigenvalue weighted by Crippen LogP contribution is 2.33. The Morgan fingerprint density at radius 1 is 1.22 bits per heavy atom. The number of aryl methyl sites for hydroxylation is 1. The molecule has 1 aliphatic heterocycles. The van der Waals surface area contributed by atoms with Gasteiger partial charge in [-0.15, -0.1) is 0 Å². The molecule has 0 unspecified atom stereocenters. The van der Waals surface area contributed by atoms with Gasteiger partial charge in [0, 0.05) is 37.1 Å². The van der Waals surface area contributed by atoms with E-state index in [2.05, 4.69) is 10.3 Å². The van der Waals surface area contributed by atoms with E-state index in [1.807, 2.05) is 30.0 Å². The normalized spacial score (nSPS) is 15.6. The van der Waals surface area contributed by atoms with E-state index in [1.165, 1.54) is 12.1 Å². The second-order valence-corrected chi connectivity index (χ2v) is 8.77. The summed E-state index contributed by atoms with van der Waals surface area (Å²) >= 11 is 0. The number of hydrogen-bond donors (Lipinski definition) is 1. The van der Waals surface area contributed by atoms with Crippen molar-refractivity contribution in [1.29, 1.82) is 0 Å². The number of nitrogens with one attached hydrogen (secondary N) is 1. The Balaban J connectivity index is 1.73. The molecule has 0 amide bonds. The summed E-state index contributed by atoms with van der Waals surface area (Å²) in [5.74, 6) is 0.830. The minimum atomic E-state index is -3.49. The summed E-state index contributed by atoms with van der Waals surface area (Å²) in [4.78, 5) is 17.3. The van der Waals surface area contributed by atoms with E-state index in [9.17, 15) is 18.5 Å². The fourth-order valence-electron chi connectivity index (χ4n) is 3.24. The molecule has 3 rings (SSSR count). The Morgan fingerprint density at radius 3 is 2.52 bits per heavy atom. The average molecular weight is 390 g/mol. The maximum absolute atomic E-state index is 11.7. The van der Waals surface area contributed by atoms with Gasteiger partial charge in [0.15, 0.2) is 9.84 Å². The monoisotopic (exact) mass is 390 g/mol. The molecule has 1 fully saturated rings. The summed E-state index contributed by atoms with van der Waals surface area (Å²) in [6, 6.07) is 10.2. The lowest BCUT2D eigenvalue weighted by atomic mass is 10.0. The summed E-state index contributed by atoms with van der Waals surface area (Å²) in [7, 11) is -3.49. The Hall–Kier alpha value is -2.68. The molecule has 9 heteroatoms. The highest BCUT2D eigenvalue weighted by Gasteiger charge is 2.26. The maximum atomic E-state index is 11.7. The summed E-state index contributed by atoms with van der Waals surface area (Å²) in [6.07, 6.45) is 2.66. The first-order chi connectivity index (χ1) is 12.7. The fraction of sp³-hybridized carbons (Fsp3) is 0.389. The molecule has 0 bridgehead atoms. The molecule has 1 N–H and O–H groups in total. The third-order valence-corrected chi connectivity index (χ3v) is 5.76. The van der Waals surface area contributed by atoms with Crippen LogP contribution >= 0.6 is 0 Å². The number of pyridine rings is 1. The number of nitro groups is 1. The molecule has 0 radical (unpaired) electrons. The van der Waals surface area contributed by atoms with Gasteiger partial charge in [0.2, 0.25) is 0 Å². The van der Waals surface area contributed by atoms with Crippen LogP contribution in [0.3, 0.4) is 0 Å². The lowest BCUT2D eigenvalue weighted by Crippen LogP contribution is -2.39. The quantitative estimate of drug-likeness (QED) is 0.618. The number of anilines is 2. The van der Waals surface area contributed by atoms with Gasteiger partial charge in [-0.1, -0.05) is 6.07 Å². The molecule has 1 aliphatic rings. The smallest absolute Gasteiger partial charge is 0.293 e. The molecule has 0 aliphatic carbocycles. The standard InChI is InChI=1S/C18H22N4O4S/c1-13-4-3-5-18(19-13)20-14-8-10-21(11-9-14)16-7-6-15(27(2,25)26)12-17(16)22(23)24/h3-7,12,14H,8-11H2,1-2H3,(H,19,20). The number of rotatable bonds is 5. The zero-order valence-electron chi connectivity index (χ0n) is 15.3. The molecule has 0 saturated carbocycles. The van der Waals surface area contributed by atoms with Gasteiger partial charge in [-0.2, -0.15) is 0 Å². The van der Waals surface area contributed by atoms with E-state index in [-0.39, 0.29) is 16.6 Å². The Labute approximate surface area is 158 Å². The maximum Gasteiger partial charge on any atom is 0.293 e. The zero-order chi connectivity index (χ0) is 19.6. The highest BCUT2D eigenvalue weighted by atomic mass is 32.2. The fourth-order valence-corrected chi connectivity index (χ4v) is 3.89. The third-order valence-electron chi connectivity index (χ3n) is 4.65. The number of nitro benzene ring substituents is 1. The van der Waals surface area contributed by atoms with E-state index >= 15 is 0 Å². The van der Waals surface area contributed by atoms with Crippen LogP contribution in [0.4, 0.5) is 17.2 Å². The minimum absolute atomic E-state index is 0.0416. The Morgan fingerprint density at radius 2 is 1.93 bits per heavy atom. The van der Waals surface area contributed by atoms with Gasteiger partial charge < -0.3 is 10.2 Å². The van der Waals surface area contributed by atoms with Gasteiger partial charge in [-0.3, -0.25) is 10.1 Å². The van der Waals surface area contributed by atoms with Crippen molar-refractivity contribution in [2.75, 3.05) is 29.6 Å². The van der Waals surface area contributed by atoms with Crippen molar-refractivity contribution < 1.29 is 13.3 Å². The summed E-state index contributed by atoms with van der Waals surface area (Å²) < 4.78 is 23.4. The number of nitrogens with zero attached hydrogens (tertiary/aromatic N) is 3. The number of piperidine rings is 1. The molecular formula is C18H22N4O4S. The lowest BCUT2D eigenvalue weighted by Gasteiger charge is -2.34.